The van der Waals surface area contributed by atoms with Crippen molar-refractivity contribution >= 4 is 34.0 Å². The first kappa shape index (κ1) is 18.2. The van der Waals surface area contributed by atoms with Crippen LogP contribution in [0.1, 0.15) is 25.3 Å². The number of thiazole rings is 1. The number of aryl methyl sites for hydroxylation is 1. The van der Waals surface area contributed by atoms with Gasteiger partial charge in [0, 0.05) is 23.0 Å². The third kappa shape index (κ3) is 3.78. The largest absolute Gasteiger partial charge is 0.288 e. The zero-order chi connectivity index (χ0) is 19.0. The van der Waals surface area contributed by atoms with E-state index in [4.69, 9.17) is 16.6 Å². The van der Waals surface area contributed by atoms with Crippen molar-refractivity contribution in [3.63, 3.8) is 0 Å². The Labute approximate surface area is 168 Å². The zero-order valence-electron chi connectivity index (χ0n) is 15.4. The number of aromatic nitrogens is 1. The highest BCUT2D eigenvalue weighted by Crippen LogP contribution is 2.42. The average molecular weight is 397 g/mol. The molecule has 1 fully saturated rings. The minimum Gasteiger partial charge on any atom is -0.288 e. The minimum atomic E-state index is 0.177. The molecule has 5 heteroatoms. The van der Waals surface area contributed by atoms with E-state index in [0.29, 0.717) is 11.6 Å². The summed E-state index contributed by atoms with van der Waals surface area (Å²) in [5.74, 6) is 0.375. The van der Waals surface area contributed by atoms with Gasteiger partial charge >= 0.3 is 0 Å². The van der Waals surface area contributed by atoms with E-state index in [1.54, 1.807) is 11.3 Å². The molecule has 0 bridgehead atoms. The Bertz CT molecular complexity index is 896. The lowest BCUT2D eigenvalue weighted by atomic mass is 10.1. The second-order valence-electron chi connectivity index (χ2n) is 6.90. The van der Waals surface area contributed by atoms with Gasteiger partial charge in [0.15, 0.2) is 5.13 Å². The number of hydrogen-bond donors (Lipinski definition) is 0. The molecule has 4 rings (SSSR count). The normalized spacial score (nSPS) is 13.6. The van der Waals surface area contributed by atoms with Crippen molar-refractivity contribution in [2.45, 2.75) is 26.7 Å². The fourth-order valence-electron chi connectivity index (χ4n) is 3.06. The van der Waals surface area contributed by atoms with Gasteiger partial charge in [-0.15, -0.1) is 0 Å². The molecule has 0 radical (unpaired) electrons. The molecule has 1 aliphatic carbocycles. The molecule has 27 heavy (non-hydrogen) atoms. The van der Waals surface area contributed by atoms with Crippen LogP contribution in [-0.2, 0) is 4.79 Å². The molecule has 0 spiro atoms. The number of rotatable bonds is 5. The van der Waals surface area contributed by atoms with E-state index in [0.717, 1.165) is 39.7 Å². The van der Waals surface area contributed by atoms with Crippen LogP contribution in [0.15, 0.2) is 48.5 Å². The first-order valence-corrected chi connectivity index (χ1v) is 10.4. The molecular formula is C22H21ClN2OS. The van der Waals surface area contributed by atoms with Gasteiger partial charge in [-0.3, -0.25) is 9.69 Å². The summed E-state index contributed by atoms with van der Waals surface area (Å²) >= 11 is 7.65. The number of carbonyl (C=O) groups excluding carboxylic acids is 1. The quantitative estimate of drug-likeness (QED) is 0.514. The maximum atomic E-state index is 12.7. The van der Waals surface area contributed by atoms with Gasteiger partial charge in [-0.2, -0.15) is 0 Å². The maximum absolute atomic E-state index is 12.7. The number of carbonyl (C=O) groups is 1. The average Bonchev–Trinajstić information content (AvgIpc) is 3.44. The van der Waals surface area contributed by atoms with E-state index in [9.17, 15) is 4.79 Å². The Morgan fingerprint density at radius 3 is 2.33 bits per heavy atom. The third-order valence-electron chi connectivity index (χ3n) is 4.79. The lowest BCUT2D eigenvalue weighted by Crippen LogP contribution is -2.31. The maximum Gasteiger partial charge on any atom is 0.231 e. The molecule has 3 nitrogen and oxygen atoms in total. The first-order valence-electron chi connectivity index (χ1n) is 9.22. The lowest BCUT2D eigenvalue weighted by molar-refractivity contribution is -0.119. The number of amides is 1. The molecule has 2 aromatic carbocycles. The van der Waals surface area contributed by atoms with Crippen LogP contribution >= 0.6 is 22.9 Å². The van der Waals surface area contributed by atoms with Gasteiger partial charge in [0.25, 0.3) is 0 Å². The summed E-state index contributed by atoms with van der Waals surface area (Å²) in [6, 6.07) is 16.2. The second kappa shape index (κ2) is 7.45. The molecule has 1 aromatic heterocycles. The molecule has 1 heterocycles. The van der Waals surface area contributed by atoms with Gasteiger partial charge in [-0.25, -0.2) is 4.98 Å². The SMILES string of the molecule is CCN(C(=O)C1CC1)c1nc(-c2ccc(Cl)cc2)c(-c2ccc(C)cc2)s1. The van der Waals surface area contributed by atoms with Gasteiger partial charge < -0.3 is 0 Å². The van der Waals surface area contributed by atoms with Crippen molar-refractivity contribution in [3.05, 3.63) is 59.1 Å². The summed E-state index contributed by atoms with van der Waals surface area (Å²) in [6.07, 6.45) is 1.99. The summed E-state index contributed by atoms with van der Waals surface area (Å²) in [6.45, 7) is 4.72. The van der Waals surface area contributed by atoms with Gasteiger partial charge in [0.1, 0.15) is 0 Å². The highest BCUT2D eigenvalue weighted by molar-refractivity contribution is 7.19. The van der Waals surface area contributed by atoms with Gasteiger partial charge in [-0.05, 0) is 44.4 Å². The van der Waals surface area contributed by atoms with Crippen molar-refractivity contribution < 1.29 is 4.79 Å². The fourth-order valence-corrected chi connectivity index (χ4v) is 4.35. The first-order chi connectivity index (χ1) is 13.1. The molecular weight excluding hydrogens is 376 g/mol. The van der Waals surface area contributed by atoms with Crippen molar-refractivity contribution in [1.29, 1.82) is 0 Å². The molecule has 1 amide bonds. The summed E-state index contributed by atoms with van der Waals surface area (Å²) in [7, 11) is 0. The number of nitrogens with zero attached hydrogens (tertiary/aromatic N) is 2. The van der Waals surface area contributed by atoms with Crippen LogP contribution < -0.4 is 4.90 Å². The Morgan fingerprint density at radius 1 is 1.11 bits per heavy atom. The number of benzene rings is 2. The third-order valence-corrected chi connectivity index (χ3v) is 6.17. The van der Waals surface area contributed by atoms with Crippen molar-refractivity contribution in [2.24, 2.45) is 5.92 Å². The minimum absolute atomic E-state index is 0.177. The Hall–Kier alpha value is -2.17. The summed E-state index contributed by atoms with van der Waals surface area (Å²) in [5.41, 5.74) is 4.24. The molecule has 1 saturated carbocycles. The Balaban J connectivity index is 1.82. The predicted molar refractivity (Wildman–Crippen MR) is 113 cm³/mol. The van der Waals surface area contributed by atoms with Crippen LogP contribution in [0.2, 0.25) is 5.02 Å². The molecule has 3 aromatic rings. The molecule has 0 N–H and O–H groups in total. The van der Waals surface area contributed by atoms with Crippen LogP contribution in [0.4, 0.5) is 5.13 Å². The number of halogens is 1. The molecule has 0 aliphatic heterocycles. The molecule has 0 saturated heterocycles. The number of anilines is 1. The fraction of sp³-hybridized carbons (Fsp3) is 0.273. The van der Waals surface area contributed by atoms with E-state index in [-0.39, 0.29) is 11.8 Å². The lowest BCUT2D eigenvalue weighted by Gasteiger charge is -2.17. The summed E-state index contributed by atoms with van der Waals surface area (Å²) in [4.78, 5) is 20.5. The molecule has 1 aliphatic rings. The molecule has 0 atom stereocenters. The smallest absolute Gasteiger partial charge is 0.231 e. The van der Waals surface area contributed by atoms with Crippen molar-refractivity contribution in [3.8, 4) is 21.7 Å². The summed E-state index contributed by atoms with van der Waals surface area (Å²) in [5, 5.41) is 1.47. The van der Waals surface area contributed by atoms with Gasteiger partial charge in [0.2, 0.25) is 5.91 Å². The van der Waals surface area contributed by atoms with E-state index in [1.807, 2.05) is 36.1 Å². The van der Waals surface area contributed by atoms with E-state index >= 15 is 0 Å². The van der Waals surface area contributed by atoms with E-state index < -0.39 is 0 Å². The van der Waals surface area contributed by atoms with E-state index in [1.165, 1.54) is 5.56 Å². The topological polar surface area (TPSA) is 33.2 Å². The highest BCUT2D eigenvalue weighted by atomic mass is 35.5. The predicted octanol–water partition coefficient (Wildman–Crippen LogP) is 6.20. The van der Waals surface area contributed by atoms with Crippen LogP contribution in [0.5, 0.6) is 0 Å². The Morgan fingerprint density at radius 2 is 1.74 bits per heavy atom. The van der Waals surface area contributed by atoms with E-state index in [2.05, 4.69) is 31.2 Å². The Kier molecular flexibility index (Phi) is 5.02. The monoisotopic (exact) mass is 396 g/mol. The van der Waals surface area contributed by atoms with Crippen molar-refractivity contribution in [2.75, 3.05) is 11.4 Å². The van der Waals surface area contributed by atoms with Crippen LogP contribution in [0.25, 0.3) is 21.7 Å². The van der Waals surface area contributed by atoms with Gasteiger partial charge in [-0.1, -0.05) is 64.9 Å². The zero-order valence-corrected chi connectivity index (χ0v) is 17.0. The highest BCUT2D eigenvalue weighted by Gasteiger charge is 2.35. The van der Waals surface area contributed by atoms with Crippen molar-refractivity contribution in [1.82, 2.24) is 4.98 Å². The standard InChI is InChI=1S/C22H21ClN2OS/c1-3-25(21(26)17-8-9-17)22-24-19(15-10-12-18(23)13-11-15)20(27-22)16-6-4-14(2)5-7-16/h4-7,10-13,17H,3,8-9H2,1-2H3. The van der Waals surface area contributed by atoms with Gasteiger partial charge in [0.05, 0.1) is 10.6 Å². The molecule has 0 unspecified atom stereocenters. The molecule has 138 valence electrons. The van der Waals surface area contributed by atoms with Crippen LogP contribution in [-0.4, -0.2) is 17.4 Å². The second-order valence-corrected chi connectivity index (χ2v) is 8.32. The van der Waals surface area contributed by atoms with Crippen LogP contribution in [0.3, 0.4) is 0 Å². The summed E-state index contributed by atoms with van der Waals surface area (Å²) < 4.78 is 0. The van der Waals surface area contributed by atoms with Crippen LogP contribution in [0, 0.1) is 12.8 Å². The number of hydrogen-bond acceptors (Lipinski definition) is 3.